The van der Waals surface area contributed by atoms with E-state index in [0.29, 0.717) is 41.3 Å². The summed E-state index contributed by atoms with van der Waals surface area (Å²) < 4.78 is 27.4. The maximum absolute atomic E-state index is 14.2. The Kier molecular flexibility index (Phi) is 6.97. The zero-order valence-corrected chi connectivity index (χ0v) is 18.9. The maximum atomic E-state index is 14.2. The van der Waals surface area contributed by atoms with E-state index in [9.17, 15) is 14.5 Å². The Hall–Kier alpha value is -2.63. The number of carboxylic acid groups (broad SMARTS) is 1. The first-order valence-electron chi connectivity index (χ1n) is 10.3. The van der Waals surface area contributed by atoms with Crippen molar-refractivity contribution in [2.75, 3.05) is 13.2 Å². The molecule has 0 radical (unpaired) electrons. The number of ether oxygens (including phenoxy) is 1. The van der Waals surface area contributed by atoms with Crippen LogP contribution in [0.25, 0.3) is 0 Å². The Morgan fingerprint density at radius 2 is 1.66 bits per heavy atom. The molecule has 0 spiro atoms. The number of rotatable bonds is 6. The lowest BCUT2D eigenvalue weighted by Crippen LogP contribution is -2.34. The topological polar surface area (TPSA) is 76.1 Å². The number of aliphatic carboxylic acids is 1. The van der Waals surface area contributed by atoms with Crippen molar-refractivity contribution in [1.29, 1.82) is 0 Å². The monoisotopic (exact) mass is 471 g/mol. The number of nitrogens with zero attached hydrogens (tertiary/aromatic N) is 1. The second-order valence-electron chi connectivity index (χ2n) is 7.46. The zero-order chi connectivity index (χ0) is 22.6. The molecule has 0 aromatic heterocycles. The van der Waals surface area contributed by atoms with E-state index in [-0.39, 0.29) is 12.6 Å². The highest BCUT2D eigenvalue weighted by Gasteiger charge is 2.42. The van der Waals surface area contributed by atoms with Crippen LogP contribution in [0.1, 0.15) is 24.4 Å². The largest absolute Gasteiger partial charge is 0.480 e. The van der Waals surface area contributed by atoms with E-state index in [0.717, 1.165) is 5.56 Å². The molecule has 3 aromatic rings. The van der Waals surface area contributed by atoms with E-state index >= 15 is 0 Å². The quantitative estimate of drug-likeness (QED) is 0.452. The van der Waals surface area contributed by atoms with E-state index in [2.05, 4.69) is 0 Å². The molecule has 0 saturated carbocycles. The maximum Gasteiger partial charge on any atom is 0.318 e. The van der Waals surface area contributed by atoms with Crippen LogP contribution in [0.5, 0.6) is 11.5 Å². The van der Waals surface area contributed by atoms with Crippen molar-refractivity contribution in [3.63, 3.8) is 0 Å². The molecule has 1 fully saturated rings. The summed E-state index contributed by atoms with van der Waals surface area (Å²) in [5.74, 6) is 0.123. The van der Waals surface area contributed by atoms with Crippen LogP contribution in [0, 0.1) is 0 Å². The number of carbonyl (C=O) groups is 1. The fourth-order valence-electron chi connectivity index (χ4n) is 3.79. The highest BCUT2D eigenvalue weighted by molar-refractivity contribution is 7.64. The SMILES string of the molecule is O=C(O)CN1C(c2ccccc2)CCCOP1(=O)c1ccc(Oc2ccc(Cl)cc2)cc1. The van der Waals surface area contributed by atoms with Gasteiger partial charge in [-0.3, -0.25) is 9.36 Å². The van der Waals surface area contributed by atoms with E-state index in [1.54, 1.807) is 48.5 Å². The minimum absolute atomic E-state index is 0.291. The average Bonchev–Trinajstić information content (AvgIpc) is 2.96. The molecule has 6 nitrogen and oxygen atoms in total. The molecule has 2 unspecified atom stereocenters. The van der Waals surface area contributed by atoms with Crippen LogP contribution in [0.3, 0.4) is 0 Å². The average molecular weight is 472 g/mol. The molecule has 2 atom stereocenters. The lowest BCUT2D eigenvalue weighted by molar-refractivity contribution is -0.137. The van der Waals surface area contributed by atoms with E-state index in [1.807, 2.05) is 30.3 Å². The van der Waals surface area contributed by atoms with Crippen molar-refractivity contribution in [1.82, 2.24) is 4.67 Å². The fraction of sp³-hybridized carbons (Fsp3) is 0.208. The van der Waals surface area contributed by atoms with Gasteiger partial charge >= 0.3 is 13.5 Å². The molecule has 3 aromatic carbocycles. The van der Waals surface area contributed by atoms with Crippen molar-refractivity contribution in [3.05, 3.63) is 89.4 Å². The summed E-state index contributed by atoms with van der Waals surface area (Å²) in [5.41, 5.74) is 0.919. The van der Waals surface area contributed by atoms with Crippen LogP contribution >= 0.6 is 19.1 Å². The molecule has 1 aliphatic rings. The highest BCUT2D eigenvalue weighted by Crippen LogP contribution is 2.56. The first kappa shape index (κ1) is 22.6. The number of hydrogen-bond donors (Lipinski definition) is 1. The van der Waals surface area contributed by atoms with Gasteiger partial charge in [0.2, 0.25) is 0 Å². The third kappa shape index (κ3) is 5.05. The Labute approximate surface area is 191 Å². The Balaban J connectivity index is 1.66. The van der Waals surface area contributed by atoms with Gasteiger partial charge in [0.25, 0.3) is 0 Å². The minimum atomic E-state index is -3.62. The van der Waals surface area contributed by atoms with Crippen LogP contribution in [-0.4, -0.2) is 28.9 Å². The summed E-state index contributed by atoms with van der Waals surface area (Å²) in [5, 5.41) is 10.6. The molecule has 4 rings (SSSR count). The van der Waals surface area contributed by atoms with Gasteiger partial charge in [-0.1, -0.05) is 41.9 Å². The summed E-state index contributed by atoms with van der Waals surface area (Å²) in [6.07, 6.45) is 1.33. The summed E-state index contributed by atoms with van der Waals surface area (Å²) in [4.78, 5) is 11.7. The molecule has 0 bridgehead atoms. The van der Waals surface area contributed by atoms with Gasteiger partial charge in [-0.25, -0.2) is 4.67 Å². The first-order chi connectivity index (χ1) is 15.5. The van der Waals surface area contributed by atoms with Crippen molar-refractivity contribution >= 4 is 30.4 Å². The highest BCUT2D eigenvalue weighted by atomic mass is 35.5. The Morgan fingerprint density at radius 3 is 2.28 bits per heavy atom. The van der Waals surface area contributed by atoms with E-state index in [1.165, 1.54) is 4.67 Å². The van der Waals surface area contributed by atoms with Gasteiger partial charge in [0.1, 0.15) is 18.0 Å². The third-order valence-corrected chi connectivity index (χ3v) is 8.11. The summed E-state index contributed by atoms with van der Waals surface area (Å²) >= 11 is 5.91. The normalized spacial score (nSPS) is 21.6. The van der Waals surface area contributed by atoms with Gasteiger partial charge in [-0.2, -0.15) is 0 Å². The van der Waals surface area contributed by atoms with Crippen LogP contribution in [0.15, 0.2) is 78.9 Å². The smallest absolute Gasteiger partial charge is 0.318 e. The zero-order valence-electron chi connectivity index (χ0n) is 17.3. The molecule has 0 amide bonds. The number of halogens is 1. The Morgan fingerprint density at radius 1 is 1.03 bits per heavy atom. The van der Waals surface area contributed by atoms with Crippen LogP contribution in [0.4, 0.5) is 0 Å². The lowest BCUT2D eigenvalue weighted by Gasteiger charge is -2.34. The van der Waals surface area contributed by atoms with Crippen LogP contribution in [0.2, 0.25) is 5.02 Å². The van der Waals surface area contributed by atoms with E-state index < -0.39 is 13.5 Å². The van der Waals surface area contributed by atoms with Gasteiger partial charge in [0.15, 0.2) is 0 Å². The van der Waals surface area contributed by atoms with Gasteiger partial charge in [-0.05, 0) is 66.9 Å². The molecule has 32 heavy (non-hydrogen) atoms. The third-order valence-electron chi connectivity index (χ3n) is 5.28. The number of carboxylic acids is 1. The summed E-state index contributed by atoms with van der Waals surface area (Å²) in [7, 11) is -3.62. The molecule has 8 heteroatoms. The van der Waals surface area contributed by atoms with Crippen molar-refractivity contribution in [2.45, 2.75) is 18.9 Å². The van der Waals surface area contributed by atoms with Gasteiger partial charge in [0.05, 0.1) is 11.9 Å². The molecule has 1 N–H and O–H groups in total. The molecule has 1 saturated heterocycles. The van der Waals surface area contributed by atoms with Crippen molar-refractivity contribution in [3.8, 4) is 11.5 Å². The molecule has 166 valence electrons. The van der Waals surface area contributed by atoms with Crippen LogP contribution in [-0.2, 0) is 13.9 Å². The van der Waals surface area contributed by atoms with Crippen LogP contribution < -0.4 is 10.0 Å². The standard InChI is InChI=1S/C24H23ClNO5P/c25-19-8-10-20(11-9-19)31-21-12-14-22(15-13-21)32(29)26(17-24(27)28)23(7-4-16-30-32)18-5-2-1-3-6-18/h1-3,5-6,8-15,23H,4,7,16-17H2,(H,27,28). The van der Waals surface area contributed by atoms with Gasteiger partial charge in [0, 0.05) is 11.1 Å². The molecule has 1 aliphatic heterocycles. The lowest BCUT2D eigenvalue weighted by atomic mass is 10.0. The summed E-state index contributed by atoms with van der Waals surface area (Å²) in [6, 6.07) is 23.0. The van der Waals surface area contributed by atoms with Crippen molar-refractivity contribution in [2.24, 2.45) is 0 Å². The predicted molar refractivity (Wildman–Crippen MR) is 124 cm³/mol. The second-order valence-corrected chi connectivity index (χ2v) is 10.2. The van der Waals surface area contributed by atoms with Gasteiger partial charge in [-0.15, -0.1) is 0 Å². The first-order valence-corrected chi connectivity index (χ1v) is 12.2. The minimum Gasteiger partial charge on any atom is -0.480 e. The number of benzene rings is 3. The number of hydrogen-bond acceptors (Lipinski definition) is 4. The predicted octanol–water partition coefficient (Wildman–Crippen LogP) is 5.89. The summed E-state index contributed by atoms with van der Waals surface area (Å²) in [6.45, 7) is -0.0976. The molecule has 0 aliphatic carbocycles. The molecule has 1 heterocycles. The van der Waals surface area contributed by atoms with Gasteiger partial charge < -0.3 is 14.4 Å². The molecular weight excluding hydrogens is 449 g/mol. The van der Waals surface area contributed by atoms with Crippen molar-refractivity contribution < 1.29 is 23.7 Å². The Bertz CT molecular complexity index is 1110. The molecular formula is C24H23ClNO5P. The fourth-order valence-corrected chi connectivity index (χ4v) is 6.34. The second kappa shape index (κ2) is 9.88. The van der Waals surface area contributed by atoms with E-state index in [4.69, 9.17) is 20.9 Å².